The Hall–Kier alpha value is -1.90. The van der Waals surface area contributed by atoms with Gasteiger partial charge < -0.3 is 5.73 Å². The number of aromatic nitrogens is 1. The summed E-state index contributed by atoms with van der Waals surface area (Å²) in [7, 11) is 0. The van der Waals surface area contributed by atoms with Gasteiger partial charge in [0, 0.05) is 23.5 Å². The van der Waals surface area contributed by atoms with Gasteiger partial charge in [0.15, 0.2) is 0 Å². The Morgan fingerprint density at radius 1 is 1.22 bits per heavy atom. The molecule has 1 aromatic heterocycles. The van der Waals surface area contributed by atoms with Crippen molar-refractivity contribution in [1.82, 2.24) is 4.98 Å². The Morgan fingerprint density at radius 3 is 2.89 bits per heavy atom. The molecule has 2 N–H and O–H groups in total. The number of benzene rings is 1. The van der Waals surface area contributed by atoms with Crippen LogP contribution in [0, 0.1) is 12.9 Å². The highest BCUT2D eigenvalue weighted by molar-refractivity contribution is 5.81. The Bertz CT molecular complexity index is 620. The molecule has 0 saturated heterocycles. The highest BCUT2D eigenvalue weighted by Gasteiger charge is 2.17. The molecule has 1 aliphatic rings. The molecular formula is C15H15FN2. The molecule has 0 aliphatic heterocycles. The number of aryl methyl sites for hydroxylation is 2. The van der Waals surface area contributed by atoms with Gasteiger partial charge in [0.1, 0.15) is 0 Å². The smallest absolute Gasteiger partial charge is 0.213 e. The average molecular weight is 242 g/mol. The van der Waals surface area contributed by atoms with E-state index in [1.807, 2.05) is 13.0 Å². The first-order chi connectivity index (χ1) is 8.66. The fourth-order valence-corrected chi connectivity index (χ4v) is 2.72. The molecule has 1 aliphatic carbocycles. The van der Waals surface area contributed by atoms with E-state index < -0.39 is 5.95 Å². The summed E-state index contributed by atoms with van der Waals surface area (Å²) in [5, 5.41) is 0. The van der Waals surface area contributed by atoms with Crippen molar-refractivity contribution in [2.75, 3.05) is 5.73 Å². The van der Waals surface area contributed by atoms with E-state index in [2.05, 4.69) is 11.1 Å². The van der Waals surface area contributed by atoms with Crippen molar-refractivity contribution in [1.29, 1.82) is 0 Å². The molecule has 2 aromatic rings. The van der Waals surface area contributed by atoms with Gasteiger partial charge in [-0.25, -0.2) is 4.98 Å². The van der Waals surface area contributed by atoms with Gasteiger partial charge in [0.05, 0.1) is 0 Å². The second-order valence-corrected chi connectivity index (χ2v) is 4.84. The maximum Gasteiger partial charge on any atom is 0.213 e. The molecule has 0 fully saturated rings. The molecule has 0 spiro atoms. The van der Waals surface area contributed by atoms with E-state index in [0.717, 1.165) is 41.6 Å². The Labute approximate surface area is 106 Å². The minimum atomic E-state index is -0.463. The SMILES string of the molecule is Cc1cnc(F)cc1-c1ccc2c(c1N)CCC2. The third-order valence-corrected chi connectivity index (χ3v) is 3.69. The first-order valence-corrected chi connectivity index (χ1v) is 6.19. The van der Waals surface area contributed by atoms with Crippen molar-refractivity contribution in [3.05, 3.63) is 47.0 Å². The van der Waals surface area contributed by atoms with Crippen molar-refractivity contribution in [3.8, 4) is 11.1 Å². The van der Waals surface area contributed by atoms with Gasteiger partial charge >= 0.3 is 0 Å². The van der Waals surface area contributed by atoms with Crippen LogP contribution in [-0.2, 0) is 12.8 Å². The number of rotatable bonds is 1. The lowest BCUT2D eigenvalue weighted by Crippen LogP contribution is -1.99. The number of fused-ring (bicyclic) bond motifs is 1. The van der Waals surface area contributed by atoms with Crippen LogP contribution in [0.2, 0.25) is 0 Å². The molecular weight excluding hydrogens is 227 g/mol. The largest absolute Gasteiger partial charge is 0.398 e. The summed E-state index contributed by atoms with van der Waals surface area (Å²) in [6.07, 6.45) is 4.84. The van der Waals surface area contributed by atoms with Crippen LogP contribution in [0.4, 0.5) is 10.1 Å². The van der Waals surface area contributed by atoms with Gasteiger partial charge in [-0.05, 0) is 48.4 Å². The van der Waals surface area contributed by atoms with Crippen molar-refractivity contribution in [3.63, 3.8) is 0 Å². The summed E-state index contributed by atoms with van der Waals surface area (Å²) in [5.74, 6) is -0.463. The van der Waals surface area contributed by atoms with Crippen molar-refractivity contribution in [2.24, 2.45) is 0 Å². The molecule has 0 unspecified atom stereocenters. The van der Waals surface area contributed by atoms with Crippen LogP contribution in [0.5, 0.6) is 0 Å². The molecule has 18 heavy (non-hydrogen) atoms. The molecule has 92 valence electrons. The quantitative estimate of drug-likeness (QED) is 0.615. The molecule has 0 atom stereocenters. The number of halogens is 1. The predicted molar refractivity (Wildman–Crippen MR) is 70.8 cm³/mol. The van der Waals surface area contributed by atoms with Gasteiger partial charge in [0.2, 0.25) is 5.95 Å². The van der Waals surface area contributed by atoms with E-state index in [0.29, 0.717) is 0 Å². The number of nitrogen functional groups attached to an aromatic ring is 1. The van der Waals surface area contributed by atoms with E-state index in [4.69, 9.17) is 5.73 Å². The molecule has 0 saturated carbocycles. The number of hydrogen-bond donors (Lipinski definition) is 1. The first kappa shape index (κ1) is 11.2. The average Bonchev–Trinajstić information content (AvgIpc) is 2.82. The minimum absolute atomic E-state index is 0.463. The van der Waals surface area contributed by atoms with E-state index in [1.165, 1.54) is 17.2 Å². The maximum atomic E-state index is 13.3. The third-order valence-electron chi connectivity index (χ3n) is 3.69. The van der Waals surface area contributed by atoms with Crippen molar-refractivity contribution in [2.45, 2.75) is 26.2 Å². The number of hydrogen-bond acceptors (Lipinski definition) is 2. The molecule has 0 amide bonds. The molecule has 1 heterocycles. The Kier molecular flexibility index (Phi) is 2.54. The Morgan fingerprint density at radius 2 is 2.06 bits per heavy atom. The highest BCUT2D eigenvalue weighted by atomic mass is 19.1. The number of nitrogens with zero attached hydrogens (tertiary/aromatic N) is 1. The summed E-state index contributed by atoms with van der Waals surface area (Å²) in [4.78, 5) is 3.66. The molecule has 0 radical (unpaired) electrons. The predicted octanol–water partition coefficient (Wildman–Crippen LogP) is 3.27. The lowest BCUT2D eigenvalue weighted by atomic mass is 9.96. The molecule has 3 rings (SSSR count). The van der Waals surface area contributed by atoms with Crippen LogP contribution in [0.25, 0.3) is 11.1 Å². The molecule has 3 heteroatoms. The van der Waals surface area contributed by atoms with Crippen molar-refractivity contribution >= 4 is 5.69 Å². The minimum Gasteiger partial charge on any atom is -0.398 e. The molecule has 1 aromatic carbocycles. The summed E-state index contributed by atoms with van der Waals surface area (Å²) in [5.41, 5.74) is 12.3. The monoisotopic (exact) mass is 242 g/mol. The van der Waals surface area contributed by atoms with Gasteiger partial charge in [-0.15, -0.1) is 0 Å². The van der Waals surface area contributed by atoms with Crippen LogP contribution in [0.1, 0.15) is 23.1 Å². The van der Waals surface area contributed by atoms with E-state index in [-0.39, 0.29) is 0 Å². The normalized spacial score (nSPS) is 13.7. The van der Waals surface area contributed by atoms with E-state index in [1.54, 1.807) is 6.20 Å². The van der Waals surface area contributed by atoms with Gasteiger partial charge in [0.25, 0.3) is 0 Å². The summed E-state index contributed by atoms with van der Waals surface area (Å²) in [6.45, 7) is 1.93. The lowest BCUT2D eigenvalue weighted by Gasteiger charge is -2.12. The molecule has 0 bridgehead atoms. The lowest BCUT2D eigenvalue weighted by molar-refractivity contribution is 0.583. The number of anilines is 1. The third kappa shape index (κ3) is 1.67. The second kappa shape index (κ2) is 4.09. The highest BCUT2D eigenvalue weighted by Crippen LogP contribution is 2.36. The van der Waals surface area contributed by atoms with Crippen LogP contribution in [-0.4, -0.2) is 4.98 Å². The topological polar surface area (TPSA) is 38.9 Å². The van der Waals surface area contributed by atoms with Crippen LogP contribution in [0.3, 0.4) is 0 Å². The van der Waals surface area contributed by atoms with Gasteiger partial charge in [-0.3, -0.25) is 0 Å². The summed E-state index contributed by atoms with van der Waals surface area (Å²) in [6, 6.07) is 5.58. The summed E-state index contributed by atoms with van der Waals surface area (Å²) < 4.78 is 13.3. The second-order valence-electron chi connectivity index (χ2n) is 4.84. The van der Waals surface area contributed by atoms with Crippen LogP contribution >= 0.6 is 0 Å². The van der Waals surface area contributed by atoms with E-state index >= 15 is 0 Å². The van der Waals surface area contributed by atoms with Gasteiger partial charge in [-0.1, -0.05) is 12.1 Å². The summed E-state index contributed by atoms with van der Waals surface area (Å²) >= 11 is 0. The van der Waals surface area contributed by atoms with Crippen LogP contribution in [0.15, 0.2) is 24.4 Å². The Balaban J connectivity index is 2.21. The zero-order valence-electron chi connectivity index (χ0n) is 10.3. The van der Waals surface area contributed by atoms with Crippen molar-refractivity contribution < 1.29 is 4.39 Å². The number of nitrogens with two attached hydrogens (primary N) is 1. The first-order valence-electron chi connectivity index (χ1n) is 6.19. The zero-order valence-corrected chi connectivity index (χ0v) is 10.3. The van der Waals surface area contributed by atoms with E-state index in [9.17, 15) is 4.39 Å². The zero-order chi connectivity index (χ0) is 12.7. The maximum absolute atomic E-state index is 13.3. The van der Waals surface area contributed by atoms with Gasteiger partial charge in [-0.2, -0.15) is 4.39 Å². The standard InChI is InChI=1S/C15H15FN2/c1-9-8-18-14(16)7-13(9)12-6-5-10-3-2-4-11(10)15(12)17/h5-8H,2-4,17H2,1H3. The van der Waals surface area contributed by atoms with Crippen LogP contribution < -0.4 is 5.73 Å². The number of pyridine rings is 1. The fourth-order valence-electron chi connectivity index (χ4n) is 2.72. The fraction of sp³-hybridized carbons (Fsp3) is 0.267. The molecule has 2 nitrogen and oxygen atoms in total.